The molecule has 1 aromatic carbocycles. The molecule has 0 radical (unpaired) electrons. The molecule has 0 bridgehead atoms. The van der Waals surface area contributed by atoms with Gasteiger partial charge in [0, 0.05) is 31.0 Å². The highest BCUT2D eigenvalue weighted by Crippen LogP contribution is 2.53. The number of benzene rings is 1. The molecule has 5 rings (SSSR count). The van der Waals surface area contributed by atoms with Gasteiger partial charge in [0.1, 0.15) is 24.2 Å². The smallest absolute Gasteiger partial charge is 0.313 e. The van der Waals surface area contributed by atoms with E-state index >= 15 is 0 Å². The maximum atomic E-state index is 14.2. The average molecular weight is 496 g/mol. The third-order valence-electron chi connectivity index (χ3n) is 7.88. The summed E-state index contributed by atoms with van der Waals surface area (Å²) in [6, 6.07) is 6.14. The van der Waals surface area contributed by atoms with Crippen LogP contribution in [0.4, 0.5) is 11.4 Å². The zero-order chi connectivity index (χ0) is 25.6. The zero-order valence-corrected chi connectivity index (χ0v) is 20.9. The number of likely N-dealkylation sites (tertiary alicyclic amines) is 1. The number of carbonyl (C=O) groups is 3. The minimum Gasteiger partial charge on any atom is -0.461 e. The number of hydrogen-bond acceptors (Lipinski definition) is 7. The van der Waals surface area contributed by atoms with Gasteiger partial charge in [0.15, 0.2) is 0 Å². The lowest BCUT2D eigenvalue weighted by atomic mass is 9.78. The minimum atomic E-state index is -1.33. The van der Waals surface area contributed by atoms with E-state index in [2.05, 4.69) is 18.7 Å². The van der Waals surface area contributed by atoms with E-state index in [1.807, 2.05) is 30.3 Å². The number of hydrogen-bond donors (Lipinski definition) is 1. The van der Waals surface area contributed by atoms with Crippen LogP contribution in [0.15, 0.2) is 48.6 Å². The first-order valence-corrected chi connectivity index (χ1v) is 12.7. The molecule has 1 N–H and O–H groups in total. The van der Waals surface area contributed by atoms with E-state index in [0.717, 1.165) is 18.8 Å². The lowest BCUT2D eigenvalue weighted by molar-refractivity contribution is -0.153. The molecule has 2 saturated heterocycles. The monoisotopic (exact) mass is 495 g/mol. The van der Waals surface area contributed by atoms with E-state index in [9.17, 15) is 19.5 Å². The van der Waals surface area contributed by atoms with E-state index in [1.165, 1.54) is 4.90 Å². The van der Waals surface area contributed by atoms with Crippen LogP contribution in [0, 0.1) is 11.8 Å². The number of carbonyl (C=O) groups excluding carboxylic acids is 3. The van der Waals surface area contributed by atoms with Gasteiger partial charge in [-0.25, -0.2) is 0 Å². The quantitative estimate of drug-likeness (QED) is 0.472. The van der Waals surface area contributed by atoms with Crippen LogP contribution < -0.4 is 9.80 Å². The molecule has 1 aromatic rings. The summed E-state index contributed by atoms with van der Waals surface area (Å²) < 4.78 is 11.8. The third-order valence-corrected chi connectivity index (χ3v) is 7.88. The normalized spacial score (nSPS) is 31.9. The Balaban J connectivity index is 1.56. The number of aliphatic hydroxyl groups excluding tert-OH is 1. The number of rotatable bonds is 6. The molecule has 4 aliphatic rings. The summed E-state index contributed by atoms with van der Waals surface area (Å²) in [6.07, 6.45) is 6.41. The van der Waals surface area contributed by atoms with Gasteiger partial charge < -0.3 is 29.3 Å². The predicted octanol–water partition coefficient (Wildman–Crippen LogP) is 1.51. The summed E-state index contributed by atoms with van der Waals surface area (Å²) in [5, 5.41) is 9.98. The molecule has 4 heterocycles. The Kier molecular flexibility index (Phi) is 6.38. The standard InChI is InChI=1S/C27H33N3O6/c1-4-28(5-2)18-9-11-19(12-10-18)29-14-7-13-27-22(21-20(36-27)8-6-15-35-26(21)34)24(32)30(17(3)16-31)23(27)25(29)33/h6-13,17,20-23,31H,4-5,14-16H2,1-3H3/t17-,20+,21-,22+,23?,27+/m1/s1. The summed E-state index contributed by atoms with van der Waals surface area (Å²) >= 11 is 0. The fourth-order valence-electron chi connectivity index (χ4n) is 6.13. The molecule has 1 unspecified atom stereocenters. The zero-order valence-electron chi connectivity index (χ0n) is 20.9. The van der Waals surface area contributed by atoms with Crippen molar-refractivity contribution in [2.24, 2.45) is 11.8 Å². The Bertz CT molecular complexity index is 1100. The van der Waals surface area contributed by atoms with Gasteiger partial charge in [-0.15, -0.1) is 0 Å². The van der Waals surface area contributed by atoms with Crippen LogP contribution in [0.25, 0.3) is 0 Å². The highest BCUT2D eigenvalue weighted by Gasteiger charge is 2.72. The van der Waals surface area contributed by atoms with Gasteiger partial charge in [-0.05, 0) is 51.1 Å². The summed E-state index contributed by atoms with van der Waals surface area (Å²) in [4.78, 5) is 46.2. The highest BCUT2D eigenvalue weighted by atomic mass is 16.6. The predicted molar refractivity (Wildman–Crippen MR) is 133 cm³/mol. The number of fused-ring (bicyclic) bond motifs is 2. The lowest BCUT2D eigenvalue weighted by Crippen LogP contribution is -2.57. The van der Waals surface area contributed by atoms with E-state index < -0.39 is 41.6 Å². The van der Waals surface area contributed by atoms with Crippen molar-refractivity contribution in [2.75, 3.05) is 42.6 Å². The molecule has 0 aromatic heterocycles. The summed E-state index contributed by atoms with van der Waals surface area (Å²) in [7, 11) is 0. The second-order valence-corrected chi connectivity index (χ2v) is 9.72. The maximum Gasteiger partial charge on any atom is 0.313 e. The molecule has 1 spiro atoms. The fraction of sp³-hybridized carbons (Fsp3) is 0.519. The van der Waals surface area contributed by atoms with Crippen LogP contribution in [0.1, 0.15) is 20.8 Å². The molecular formula is C27H33N3O6. The number of amides is 2. The van der Waals surface area contributed by atoms with Gasteiger partial charge in [0.25, 0.3) is 5.91 Å². The first-order valence-electron chi connectivity index (χ1n) is 12.7. The van der Waals surface area contributed by atoms with Crippen molar-refractivity contribution in [3.05, 3.63) is 48.6 Å². The molecule has 36 heavy (non-hydrogen) atoms. The molecule has 0 aliphatic carbocycles. The first-order chi connectivity index (χ1) is 17.4. The van der Waals surface area contributed by atoms with E-state index in [4.69, 9.17) is 9.47 Å². The van der Waals surface area contributed by atoms with Crippen LogP contribution in [0.5, 0.6) is 0 Å². The maximum absolute atomic E-state index is 14.2. The Morgan fingerprint density at radius 2 is 1.83 bits per heavy atom. The van der Waals surface area contributed by atoms with Crippen molar-refractivity contribution in [3.8, 4) is 0 Å². The van der Waals surface area contributed by atoms with E-state index in [1.54, 1.807) is 30.1 Å². The van der Waals surface area contributed by atoms with Crippen LogP contribution in [-0.4, -0.2) is 84.4 Å². The van der Waals surface area contributed by atoms with E-state index in [0.29, 0.717) is 12.2 Å². The Labute approximate surface area is 210 Å². The van der Waals surface area contributed by atoms with Crippen LogP contribution in [0.3, 0.4) is 0 Å². The molecule has 4 aliphatic heterocycles. The largest absolute Gasteiger partial charge is 0.461 e. The molecule has 9 nitrogen and oxygen atoms in total. The molecule has 0 saturated carbocycles. The van der Waals surface area contributed by atoms with Crippen molar-refractivity contribution in [1.29, 1.82) is 0 Å². The van der Waals surface area contributed by atoms with Gasteiger partial charge in [-0.1, -0.05) is 18.2 Å². The Morgan fingerprint density at radius 1 is 1.11 bits per heavy atom. The minimum absolute atomic E-state index is 0.120. The molecule has 2 amide bonds. The van der Waals surface area contributed by atoms with Crippen LogP contribution in [-0.2, 0) is 23.9 Å². The van der Waals surface area contributed by atoms with Crippen molar-refractivity contribution in [2.45, 2.75) is 44.6 Å². The van der Waals surface area contributed by atoms with Crippen molar-refractivity contribution in [1.82, 2.24) is 4.90 Å². The van der Waals surface area contributed by atoms with Crippen molar-refractivity contribution < 1.29 is 29.0 Å². The highest BCUT2D eigenvalue weighted by molar-refractivity contribution is 6.05. The molecule has 2 fully saturated rings. The van der Waals surface area contributed by atoms with Gasteiger partial charge in [0.2, 0.25) is 5.91 Å². The Hall–Kier alpha value is -3.17. The number of nitrogens with zero attached hydrogens (tertiary/aromatic N) is 3. The lowest BCUT2D eigenvalue weighted by Gasteiger charge is -2.37. The molecular weight excluding hydrogens is 462 g/mol. The van der Waals surface area contributed by atoms with Crippen molar-refractivity contribution >= 4 is 29.2 Å². The van der Waals surface area contributed by atoms with Gasteiger partial charge >= 0.3 is 5.97 Å². The topological polar surface area (TPSA) is 99.6 Å². The molecule has 192 valence electrons. The molecule has 6 atom stereocenters. The van der Waals surface area contributed by atoms with Gasteiger partial charge in [-0.3, -0.25) is 14.4 Å². The fourth-order valence-corrected chi connectivity index (χ4v) is 6.13. The van der Waals surface area contributed by atoms with Crippen molar-refractivity contribution in [3.63, 3.8) is 0 Å². The second-order valence-electron chi connectivity index (χ2n) is 9.72. The summed E-state index contributed by atoms with van der Waals surface area (Å²) in [5.41, 5.74) is 0.439. The average Bonchev–Trinajstić information content (AvgIpc) is 3.19. The molecule has 9 heteroatoms. The van der Waals surface area contributed by atoms with Crippen LogP contribution >= 0.6 is 0 Å². The summed E-state index contributed by atoms with van der Waals surface area (Å²) in [5.74, 6) is -2.96. The van der Waals surface area contributed by atoms with Gasteiger partial charge in [-0.2, -0.15) is 0 Å². The summed E-state index contributed by atoms with van der Waals surface area (Å²) in [6.45, 7) is 7.73. The number of aliphatic hydroxyl groups is 1. The Morgan fingerprint density at radius 3 is 2.50 bits per heavy atom. The van der Waals surface area contributed by atoms with Gasteiger partial charge in [0.05, 0.1) is 24.7 Å². The SMILES string of the molecule is CCN(CC)c1ccc(N2CC=C[C@]34O[C@H]5C=CCOC(=O)[C@H]5[C@H]3C(=O)N([C@H](C)CO)C4C2=O)cc1. The van der Waals surface area contributed by atoms with E-state index in [-0.39, 0.29) is 25.0 Å². The number of ether oxygens (including phenoxy) is 2. The number of cyclic esters (lactones) is 1. The van der Waals surface area contributed by atoms with Crippen LogP contribution in [0.2, 0.25) is 0 Å². The third kappa shape index (κ3) is 3.56. The second kappa shape index (κ2) is 9.37. The number of esters is 1. The first kappa shape index (κ1) is 24.5. The number of anilines is 2.